The summed E-state index contributed by atoms with van der Waals surface area (Å²) in [4.78, 5) is 1.02. The Morgan fingerprint density at radius 2 is 1.43 bits per heavy atom. The van der Waals surface area contributed by atoms with Crippen LogP contribution in [0.2, 0.25) is 0 Å². The Morgan fingerprint density at radius 1 is 0.786 bits per heavy atom. The van der Waals surface area contributed by atoms with Crippen LogP contribution < -0.4 is 0 Å². The van der Waals surface area contributed by atoms with Crippen molar-refractivity contribution in [1.82, 2.24) is 0 Å². The van der Waals surface area contributed by atoms with Crippen LogP contribution >= 0.6 is 25.3 Å². The quantitative estimate of drug-likeness (QED) is 0.404. The third-order valence-corrected chi connectivity index (χ3v) is 5.92. The molecule has 0 N–H and O–H groups in total. The minimum atomic E-state index is -0.120. The van der Waals surface area contributed by atoms with E-state index in [2.05, 4.69) is 87.2 Å². The van der Waals surface area contributed by atoms with E-state index in [0.717, 1.165) is 11.3 Å². The fraction of sp³-hybridized carbons (Fsp3) is 0.154. The molecule has 0 fully saturated rings. The molecule has 0 nitrogen and oxygen atoms in total. The maximum Gasteiger partial charge on any atom is 0.0597 e. The number of hydrogen-bond donors (Lipinski definition) is 2. The van der Waals surface area contributed by atoms with Crippen molar-refractivity contribution < 1.29 is 0 Å². The van der Waals surface area contributed by atoms with Gasteiger partial charge in [-0.25, -0.2) is 0 Å². The molecule has 142 valence electrons. The lowest BCUT2D eigenvalue weighted by Gasteiger charge is -2.28. The zero-order valence-electron chi connectivity index (χ0n) is 16.3. The van der Waals surface area contributed by atoms with Gasteiger partial charge in [0.05, 0.1) is 4.75 Å². The zero-order chi connectivity index (χ0) is 20.0. The van der Waals surface area contributed by atoms with Gasteiger partial charge in [0.15, 0.2) is 0 Å². The second-order valence-electron chi connectivity index (χ2n) is 7.11. The topological polar surface area (TPSA) is 0 Å². The molecule has 0 radical (unpaired) electrons. The van der Waals surface area contributed by atoms with Gasteiger partial charge in [-0.05, 0) is 48.6 Å². The molecule has 0 bridgehead atoms. The number of thiol groups is 2. The van der Waals surface area contributed by atoms with E-state index < -0.39 is 0 Å². The van der Waals surface area contributed by atoms with Gasteiger partial charge in [0.1, 0.15) is 0 Å². The molecule has 3 aromatic rings. The number of benzene rings is 3. The lowest BCUT2D eigenvalue weighted by atomic mass is 9.87. The van der Waals surface area contributed by atoms with E-state index in [9.17, 15) is 0 Å². The average Bonchev–Trinajstić information content (AvgIpc) is 2.72. The first-order chi connectivity index (χ1) is 13.5. The van der Waals surface area contributed by atoms with Crippen molar-refractivity contribution in [2.45, 2.75) is 29.9 Å². The third kappa shape index (κ3) is 5.01. The van der Waals surface area contributed by atoms with Crippen LogP contribution in [0.15, 0.2) is 108 Å². The molecule has 28 heavy (non-hydrogen) atoms. The van der Waals surface area contributed by atoms with Crippen molar-refractivity contribution in [3.8, 4) is 11.1 Å². The van der Waals surface area contributed by atoms with E-state index >= 15 is 0 Å². The van der Waals surface area contributed by atoms with Gasteiger partial charge < -0.3 is 0 Å². The first kappa shape index (κ1) is 20.6. The number of allylic oxidation sites excluding steroid dienone is 3. The van der Waals surface area contributed by atoms with Crippen LogP contribution in [0, 0.1) is 6.92 Å². The predicted molar refractivity (Wildman–Crippen MR) is 128 cm³/mol. The molecule has 1 unspecified atom stereocenters. The van der Waals surface area contributed by atoms with Gasteiger partial charge in [-0.15, -0.1) is 12.6 Å². The molecule has 2 heteroatoms. The zero-order valence-corrected chi connectivity index (χ0v) is 18.1. The van der Waals surface area contributed by atoms with Crippen LogP contribution in [0.1, 0.15) is 24.5 Å². The van der Waals surface area contributed by atoms with Crippen LogP contribution in [0.3, 0.4) is 0 Å². The fourth-order valence-corrected chi connectivity index (χ4v) is 4.02. The standard InChI is InChI=1S/C14H16S.C12H10S/c1-11-7-9-14(15,10-8-11)13-6-4-3-5-12(13)2;13-12-9-5-4-8-11(12)10-6-2-1-3-7-10/h3-9,15H,10H2,1-2H3;1-9,13H. The van der Waals surface area contributed by atoms with Gasteiger partial charge in [-0.3, -0.25) is 0 Å². The first-order valence-corrected chi connectivity index (χ1v) is 10.4. The Morgan fingerprint density at radius 3 is 2.07 bits per heavy atom. The maximum atomic E-state index is 4.82. The second-order valence-corrected chi connectivity index (χ2v) is 8.39. The van der Waals surface area contributed by atoms with Crippen molar-refractivity contribution in [1.29, 1.82) is 0 Å². The van der Waals surface area contributed by atoms with Crippen molar-refractivity contribution in [3.05, 3.63) is 114 Å². The summed E-state index contributed by atoms with van der Waals surface area (Å²) in [7, 11) is 0. The molecule has 1 aliphatic carbocycles. The molecular formula is C26H26S2. The number of aryl methyl sites for hydroxylation is 1. The molecule has 0 saturated carbocycles. The predicted octanol–water partition coefficient (Wildman–Crippen LogP) is 7.67. The van der Waals surface area contributed by atoms with Crippen LogP contribution in [-0.2, 0) is 4.75 Å². The van der Waals surface area contributed by atoms with Crippen LogP contribution in [0.5, 0.6) is 0 Å². The Hall–Kier alpha value is -2.16. The third-order valence-electron chi connectivity index (χ3n) is 4.96. The highest BCUT2D eigenvalue weighted by Crippen LogP contribution is 2.39. The number of rotatable bonds is 2. The average molecular weight is 403 g/mol. The van der Waals surface area contributed by atoms with Crippen LogP contribution in [-0.4, -0.2) is 0 Å². The van der Waals surface area contributed by atoms with Gasteiger partial charge in [-0.1, -0.05) is 96.6 Å². The molecule has 0 heterocycles. The number of hydrogen-bond acceptors (Lipinski definition) is 2. The Kier molecular flexibility index (Phi) is 6.88. The fourth-order valence-electron chi connectivity index (χ4n) is 3.32. The van der Waals surface area contributed by atoms with Crippen molar-refractivity contribution >= 4 is 25.3 Å². The first-order valence-electron chi connectivity index (χ1n) is 9.47. The summed E-state index contributed by atoms with van der Waals surface area (Å²) in [6.45, 7) is 4.27. The van der Waals surface area contributed by atoms with Gasteiger partial charge in [0.25, 0.3) is 0 Å². The summed E-state index contributed by atoms with van der Waals surface area (Å²) in [6.07, 6.45) is 7.58. The van der Waals surface area contributed by atoms with E-state index in [1.807, 2.05) is 36.4 Å². The summed E-state index contributed by atoms with van der Waals surface area (Å²) in [6, 6.07) is 26.9. The highest BCUT2D eigenvalue weighted by molar-refractivity contribution is 7.81. The van der Waals surface area contributed by atoms with E-state index in [1.54, 1.807) is 0 Å². The lowest BCUT2D eigenvalue weighted by Crippen LogP contribution is -2.18. The van der Waals surface area contributed by atoms with Crippen molar-refractivity contribution in [3.63, 3.8) is 0 Å². The van der Waals surface area contributed by atoms with E-state index in [4.69, 9.17) is 12.6 Å². The molecule has 0 aromatic heterocycles. The van der Waals surface area contributed by atoms with Gasteiger partial charge in [0, 0.05) is 4.90 Å². The van der Waals surface area contributed by atoms with Gasteiger partial charge in [0.2, 0.25) is 0 Å². The Bertz CT molecular complexity index is 986. The second kappa shape index (κ2) is 9.36. The molecule has 3 aromatic carbocycles. The molecular weight excluding hydrogens is 376 g/mol. The van der Waals surface area contributed by atoms with Crippen LogP contribution in [0.4, 0.5) is 0 Å². The smallest absolute Gasteiger partial charge is 0.0597 e. The SMILES string of the molecule is CC1=CCC(S)(c2ccccc2C)C=C1.Sc1ccccc1-c1ccccc1. The lowest BCUT2D eigenvalue weighted by molar-refractivity contribution is 0.772. The summed E-state index contributed by atoms with van der Waals surface area (Å²) in [5.41, 5.74) is 6.35. The highest BCUT2D eigenvalue weighted by atomic mass is 32.1. The Labute approximate surface area is 179 Å². The molecule has 0 aliphatic heterocycles. The van der Waals surface area contributed by atoms with Gasteiger partial charge in [-0.2, -0.15) is 12.6 Å². The molecule has 1 aliphatic rings. The maximum absolute atomic E-state index is 4.82. The van der Waals surface area contributed by atoms with Crippen molar-refractivity contribution in [2.24, 2.45) is 0 Å². The Balaban J connectivity index is 0.000000162. The normalized spacial score (nSPS) is 18.1. The minimum Gasteiger partial charge on any atom is -0.163 e. The van der Waals surface area contributed by atoms with E-state index in [1.165, 1.54) is 27.8 Å². The minimum absolute atomic E-state index is 0.120. The summed E-state index contributed by atoms with van der Waals surface area (Å²) >= 11 is 9.23. The summed E-state index contributed by atoms with van der Waals surface area (Å²) in [5.74, 6) is 0. The summed E-state index contributed by atoms with van der Waals surface area (Å²) in [5, 5.41) is 0. The van der Waals surface area contributed by atoms with E-state index in [0.29, 0.717) is 0 Å². The summed E-state index contributed by atoms with van der Waals surface area (Å²) < 4.78 is -0.120. The molecule has 0 spiro atoms. The van der Waals surface area contributed by atoms with Gasteiger partial charge >= 0.3 is 0 Å². The molecule has 0 amide bonds. The van der Waals surface area contributed by atoms with Crippen molar-refractivity contribution in [2.75, 3.05) is 0 Å². The molecule has 1 atom stereocenters. The molecule has 0 saturated heterocycles. The highest BCUT2D eigenvalue weighted by Gasteiger charge is 2.26. The van der Waals surface area contributed by atoms with Crippen LogP contribution in [0.25, 0.3) is 11.1 Å². The monoisotopic (exact) mass is 402 g/mol. The van der Waals surface area contributed by atoms with E-state index in [-0.39, 0.29) is 4.75 Å². The largest absolute Gasteiger partial charge is 0.163 e. The molecule has 4 rings (SSSR count).